The molecule has 0 amide bonds. The lowest BCUT2D eigenvalue weighted by Crippen LogP contribution is -2.41. The van der Waals surface area contributed by atoms with Crippen molar-refractivity contribution in [1.29, 1.82) is 0 Å². The molecule has 4 nitrogen and oxygen atoms in total. The first-order chi connectivity index (χ1) is 10.9. The van der Waals surface area contributed by atoms with Gasteiger partial charge in [-0.15, -0.1) is 24.0 Å². The molecule has 1 heterocycles. The van der Waals surface area contributed by atoms with Crippen molar-refractivity contribution in [3.63, 3.8) is 0 Å². The van der Waals surface area contributed by atoms with Gasteiger partial charge in [0.05, 0.1) is 11.7 Å². The van der Waals surface area contributed by atoms with E-state index in [0.717, 1.165) is 37.1 Å². The summed E-state index contributed by atoms with van der Waals surface area (Å²) >= 11 is 0. The second-order valence-corrected chi connectivity index (χ2v) is 5.61. The van der Waals surface area contributed by atoms with Crippen LogP contribution in [0.4, 0.5) is 13.2 Å². The third kappa shape index (κ3) is 6.12. The van der Waals surface area contributed by atoms with E-state index in [1.807, 2.05) is 11.9 Å². The molecule has 1 aromatic carbocycles. The first-order valence-electron chi connectivity index (χ1n) is 7.59. The largest absolute Gasteiger partial charge is 0.416 e. The van der Waals surface area contributed by atoms with Gasteiger partial charge in [0, 0.05) is 33.8 Å². The number of benzene rings is 1. The molecular formula is C16H23F3IN3O. The van der Waals surface area contributed by atoms with E-state index in [2.05, 4.69) is 10.3 Å². The number of hydrogen-bond acceptors (Lipinski definition) is 2. The van der Waals surface area contributed by atoms with Gasteiger partial charge in [0.25, 0.3) is 0 Å². The molecule has 0 radical (unpaired) electrons. The molecule has 1 fully saturated rings. The zero-order valence-corrected chi connectivity index (χ0v) is 16.1. The van der Waals surface area contributed by atoms with Gasteiger partial charge in [0.1, 0.15) is 0 Å². The normalized spacial score (nSPS) is 18.2. The Morgan fingerprint density at radius 2 is 2.00 bits per heavy atom. The average molecular weight is 457 g/mol. The summed E-state index contributed by atoms with van der Waals surface area (Å²) in [7, 11) is 3.53. The molecule has 1 atom stereocenters. The molecule has 2 rings (SSSR count). The number of nitrogens with zero attached hydrogens (tertiary/aromatic N) is 2. The van der Waals surface area contributed by atoms with Gasteiger partial charge in [-0.2, -0.15) is 13.2 Å². The zero-order chi connectivity index (χ0) is 16.9. The lowest BCUT2D eigenvalue weighted by atomic mass is 10.1. The van der Waals surface area contributed by atoms with E-state index in [1.54, 1.807) is 7.05 Å². The van der Waals surface area contributed by atoms with Gasteiger partial charge in [-0.3, -0.25) is 4.99 Å². The monoisotopic (exact) mass is 457 g/mol. The maximum absolute atomic E-state index is 12.6. The number of rotatable bonds is 4. The Hall–Kier alpha value is -1.03. The van der Waals surface area contributed by atoms with Crippen LogP contribution in [0.25, 0.3) is 0 Å². The Balaban J connectivity index is 0.00000288. The van der Waals surface area contributed by atoms with E-state index in [1.165, 1.54) is 12.1 Å². The van der Waals surface area contributed by atoms with Gasteiger partial charge in [-0.25, -0.2) is 0 Å². The maximum atomic E-state index is 12.6. The van der Waals surface area contributed by atoms with Crippen LogP contribution in [0.3, 0.4) is 0 Å². The van der Waals surface area contributed by atoms with Crippen LogP contribution in [-0.4, -0.2) is 44.2 Å². The topological polar surface area (TPSA) is 36.9 Å². The predicted molar refractivity (Wildman–Crippen MR) is 98.7 cm³/mol. The van der Waals surface area contributed by atoms with E-state index in [4.69, 9.17) is 4.74 Å². The van der Waals surface area contributed by atoms with Gasteiger partial charge in [0.2, 0.25) is 0 Å². The molecule has 0 aromatic heterocycles. The molecule has 8 heteroatoms. The van der Waals surface area contributed by atoms with Crippen molar-refractivity contribution in [2.75, 3.05) is 27.2 Å². The smallest absolute Gasteiger partial charge is 0.376 e. The van der Waals surface area contributed by atoms with E-state index in [0.29, 0.717) is 19.0 Å². The van der Waals surface area contributed by atoms with Crippen LogP contribution in [-0.2, 0) is 17.5 Å². The summed E-state index contributed by atoms with van der Waals surface area (Å²) in [6.45, 7) is 1.96. The summed E-state index contributed by atoms with van der Waals surface area (Å²) in [6, 6.07) is 5.19. The summed E-state index contributed by atoms with van der Waals surface area (Å²) in [5, 5.41) is 3.24. The van der Waals surface area contributed by atoms with E-state index >= 15 is 0 Å². The Morgan fingerprint density at radius 1 is 1.33 bits per heavy atom. The summed E-state index contributed by atoms with van der Waals surface area (Å²) in [5.41, 5.74) is 0.158. The van der Waals surface area contributed by atoms with Gasteiger partial charge < -0.3 is 15.0 Å². The fraction of sp³-hybridized carbons (Fsp3) is 0.562. The van der Waals surface area contributed by atoms with Gasteiger partial charge >= 0.3 is 6.18 Å². The summed E-state index contributed by atoms with van der Waals surface area (Å²) < 4.78 is 43.2. The Kier molecular flexibility index (Phi) is 8.28. The maximum Gasteiger partial charge on any atom is 0.416 e. The lowest BCUT2D eigenvalue weighted by Gasteiger charge is -2.23. The highest BCUT2D eigenvalue weighted by Crippen LogP contribution is 2.29. The van der Waals surface area contributed by atoms with Gasteiger partial charge in [-0.05, 0) is 30.5 Å². The fourth-order valence-corrected chi connectivity index (χ4v) is 2.54. The molecule has 136 valence electrons. The van der Waals surface area contributed by atoms with Crippen molar-refractivity contribution in [3.8, 4) is 0 Å². The standard InChI is InChI=1S/C16H22F3N3O.HI/c1-20-15(21-10-14-4-3-9-23-14)22(2)11-12-5-7-13(8-6-12)16(17,18)19;/h5-8,14H,3-4,9-11H2,1-2H3,(H,20,21);1H. The Labute approximate surface area is 157 Å². The molecule has 1 aliphatic rings. The first-order valence-corrected chi connectivity index (χ1v) is 7.59. The molecular weight excluding hydrogens is 434 g/mol. The molecule has 0 saturated carbocycles. The molecule has 0 aliphatic carbocycles. The third-order valence-corrected chi connectivity index (χ3v) is 3.79. The van der Waals surface area contributed by atoms with E-state index in [-0.39, 0.29) is 30.1 Å². The van der Waals surface area contributed by atoms with Crippen molar-refractivity contribution in [1.82, 2.24) is 10.2 Å². The van der Waals surface area contributed by atoms with Gasteiger partial charge in [-0.1, -0.05) is 12.1 Å². The van der Waals surface area contributed by atoms with Crippen LogP contribution in [0, 0.1) is 0 Å². The molecule has 1 aromatic rings. The van der Waals surface area contributed by atoms with Crippen LogP contribution >= 0.6 is 24.0 Å². The van der Waals surface area contributed by atoms with Crippen LogP contribution < -0.4 is 5.32 Å². The minimum Gasteiger partial charge on any atom is -0.376 e. The zero-order valence-electron chi connectivity index (χ0n) is 13.8. The minimum atomic E-state index is -4.30. The Morgan fingerprint density at radius 3 is 2.50 bits per heavy atom. The highest BCUT2D eigenvalue weighted by Gasteiger charge is 2.29. The quantitative estimate of drug-likeness (QED) is 0.427. The number of halogens is 4. The predicted octanol–water partition coefficient (Wildman–Crippen LogP) is 3.51. The second-order valence-electron chi connectivity index (χ2n) is 5.61. The van der Waals surface area contributed by atoms with Crippen LogP contribution in [0.1, 0.15) is 24.0 Å². The van der Waals surface area contributed by atoms with Crippen LogP contribution in [0.2, 0.25) is 0 Å². The van der Waals surface area contributed by atoms with Crippen LogP contribution in [0.15, 0.2) is 29.3 Å². The van der Waals surface area contributed by atoms with Crippen molar-refractivity contribution >= 4 is 29.9 Å². The highest BCUT2D eigenvalue weighted by molar-refractivity contribution is 14.0. The fourth-order valence-electron chi connectivity index (χ4n) is 2.54. The molecule has 1 N–H and O–H groups in total. The lowest BCUT2D eigenvalue weighted by molar-refractivity contribution is -0.137. The van der Waals surface area contributed by atoms with Gasteiger partial charge in [0.15, 0.2) is 5.96 Å². The Bertz CT molecular complexity index is 528. The molecule has 0 bridgehead atoms. The highest BCUT2D eigenvalue weighted by atomic mass is 127. The number of ether oxygens (including phenoxy) is 1. The molecule has 1 saturated heterocycles. The molecule has 1 aliphatic heterocycles. The average Bonchev–Trinajstić information content (AvgIpc) is 3.01. The van der Waals surface area contributed by atoms with Crippen molar-refractivity contribution < 1.29 is 17.9 Å². The number of nitrogens with one attached hydrogen (secondary N) is 1. The molecule has 24 heavy (non-hydrogen) atoms. The SMILES string of the molecule is CN=C(NCC1CCCO1)N(C)Cc1ccc(C(F)(F)F)cc1.I. The number of aliphatic imine (C=N–C) groups is 1. The van der Waals surface area contributed by atoms with Crippen LogP contribution in [0.5, 0.6) is 0 Å². The molecule has 0 spiro atoms. The van der Waals surface area contributed by atoms with Crippen molar-refractivity contribution in [2.45, 2.75) is 31.7 Å². The second kappa shape index (κ2) is 9.45. The van der Waals surface area contributed by atoms with E-state index < -0.39 is 11.7 Å². The summed E-state index contributed by atoms with van der Waals surface area (Å²) in [5.74, 6) is 0.695. The molecule has 1 unspecified atom stereocenters. The van der Waals surface area contributed by atoms with E-state index in [9.17, 15) is 13.2 Å². The third-order valence-electron chi connectivity index (χ3n) is 3.79. The summed E-state index contributed by atoms with van der Waals surface area (Å²) in [6.07, 6.45) is -1.99. The van der Waals surface area contributed by atoms with Crippen molar-refractivity contribution in [2.24, 2.45) is 4.99 Å². The first kappa shape index (κ1) is 21.0. The summed E-state index contributed by atoms with van der Waals surface area (Å²) in [4.78, 5) is 6.07. The number of hydrogen-bond donors (Lipinski definition) is 1. The number of alkyl halides is 3. The van der Waals surface area contributed by atoms with Crippen molar-refractivity contribution in [3.05, 3.63) is 35.4 Å². The minimum absolute atomic E-state index is 0. The number of guanidine groups is 1.